The zero-order valence-corrected chi connectivity index (χ0v) is 22.0. The third-order valence-corrected chi connectivity index (χ3v) is 7.23. The molecule has 8 nitrogen and oxygen atoms in total. The van der Waals surface area contributed by atoms with E-state index in [9.17, 15) is 17.6 Å². The first-order chi connectivity index (χ1) is 18.2. The Morgan fingerprint density at radius 3 is 2.37 bits per heavy atom. The summed E-state index contributed by atoms with van der Waals surface area (Å²) in [7, 11) is 1.33. The van der Waals surface area contributed by atoms with Crippen molar-refractivity contribution >= 4 is 27.3 Å². The number of nitrogens with one attached hydrogen (secondary N) is 1. The Bertz CT molecular complexity index is 1500. The number of nitrogens with zero attached hydrogens (tertiary/aromatic N) is 2. The fourth-order valence-electron chi connectivity index (χ4n) is 3.98. The summed E-state index contributed by atoms with van der Waals surface area (Å²) in [5, 5.41) is 0. The SMILES string of the molecule is COc1ccc(S(=O)(=O)Nc2ccc(N(C)C)c(CN(Cc3ccco3)C(=O)c3cccc(F)c3)c2)cc1. The van der Waals surface area contributed by atoms with Gasteiger partial charge in [-0.15, -0.1) is 0 Å². The average molecular weight is 538 g/mol. The summed E-state index contributed by atoms with van der Waals surface area (Å²) >= 11 is 0. The lowest BCUT2D eigenvalue weighted by molar-refractivity contribution is 0.0717. The third kappa shape index (κ3) is 6.33. The minimum absolute atomic E-state index is 0.0808. The van der Waals surface area contributed by atoms with Gasteiger partial charge in [-0.1, -0.05) is 6.07 Å². The largest absolute Gasteiger partial charge is 0.497 e. The van der Waals surface area contributed by atoms with Crippen LogP contribution in [0.4, 0.5) is 15.8 Å². The van der Waals surface area contributed by atoms with E-state index in [1.807, 2.05) is 19.0 Å². The number of halogens is 1. The van der Waals surface area contributed by atoms with Gasteiger partial charge < -0.3 is 19.0 Å². The minimum atomic E-state index is -3.88. The highest BCUT2D eigenvalue weighted by molar-refractivity contribution is 7.92. The quantitative estimate of drug-likeness (QED) is 0.301. The molecule has 1 heterocycles. The molecule has 1 N–H and O–H groups in total. The van der Waals surface area contributed by atoms with Crippen LogP contribution in [-0.4, -0.2) is 40.4 Å². The molecule has 0 saturated carbocycles. The Morgan fingerprint density at radius 1 is 0.974 bits per heavy atom. The monoisotopic (exact) mass is 537 g/mol. The third-order valence-electron chi connectivity index (χ3n) is 5.83. The maximum atomic E-state index is 13.9. The minimum Gasteiger partial charge on any atom is -0.497 e. The van der Waals surface area contributed by atoms with E-state index < -0.39 is 21.7 Å². The van der Waals surface area contributed by atoms with Gasteiger partial charge in [0.15, 0.2) is 0 Å². The molecule has 0 aliphatic carbocycles. The highest BCUT2D eigenvalue weighted by Crippen LogP contribution is 2.28. The molecule has 0 bridgehead atoms. The number of rotatable bonds is 10. The van der Waals surface area contributed by atoms with Crippen molar-refractivity contribution in [3.05, 3.63) is 108 Å². The summed E-state index contributed by atoms with van der Waals surface area (Å²) in [4.78, 5) is 16.9. The van der Waals surface area contributed by atoms with Crippen LogP contribution in [0.15, 0.2) is 94.4 Å². The number of furan rings is 1. The molecule has 1 aromatic heterocycles. The number of carbonyl (C=O) groups is 1. The highest BCUT2D eigenvalue weighted by Gasteiger charge is 2.21. The van der Waals surface area contributed by atoms with Crippen LogP contribution in [0.25, 0.3) is 0 Å². The molecule has 0 radical (unpaired) electrons. The summed E-state index contributed by atoms with van der Waals surface area (Å²) in [5.74, 6) is 0.186. The van der Waals surface area contributed by atoms with Crippen LogP contribution < -0.4 is 14.4 Å². The molecule has 3 aromatic carbocycles. The van der Waals surface area contributed by atoms with Gasteiger partial charge in [-0.3, -0.25) is 9.52 Å². The fourth-order valence-corrected chi connectivity index (χ4v) is 5.03. The first-order valence-electron chi connectivity index (χ1n) is 11.7. The van der Waals surface area contributed by atoms with Crippen LogP contribution in [0.3, 0.4) is 0 Å². The molecular formula is C28H28FN3O5S. The lowest BCUT2D eigenvalue weighted by Crippen LogP contribution is -2.31. The normalized spacial score (nSPS) is 11.2. The standard InChI is InChI=1S/C28H28FN3O5S/c1-31(2)27-14-9-23(30-38(34,35)26-12-10-24(36-3)11-13-26)17-21(27)18-32(19-25-8-5-15-37-25)28(33)20-6-4-7-22(29)16-20/h4-17,30H,18-19H2,1-3H3. The number of sulfonamides is 1. The van der Waals surface area contributed by atoms with Crippen LogP contribution >= 0.6 is 0 Å². The Labute approximate surface area is 221 Å². The molecule has 38 heavy (non-hydrogen) atoms. The van der Waals surface area contributed by atoms with E-state index in [-0.39, 0.29) is 23.5 Å². The first-order valence-corrected chi connectivity index (χ1v) is 13.2. The van der Waals surface area contributed by atoms with E-state index in [0.717, 1.165) is 5.69 Å². The number of carbonyl (C=O) groups excluding carboxylic acids is 1. The average Bonchev–Trinajstić information content (AvgIpc) is 3.41. The van der Waals surface area contributed by atoms with E-state index in [4.69, 9.17) is 9.15 Å². The van der Waals surface area contributed by atoms with E-state index in [2.05, 4.69) is 4.72 Å². The second kappa shape index (κ2) is 11.4. The second-order valence-electron chi connectivity index (χ2n) is 8.77. The number of benzene rings is 3. The molecule has 0 aliphatic rings. The summed E-state index contributed by atoms with van der Waals surface area (Å²) in [6.45, 7) is 0.249. The molecule has 10 heteroatoms. The van der Waals surface area contributed by atoms with Crippen LogP contribution in [0.2, 0.25) is 0 Å². The summed E-state index contributed by atoms with van der Waals surface area (Å²) in [5.41, 5.74) is 1.99. The van der Waals surface area contributed by atoms with Crippen molar-refractivity contribution in [2.75, 3.05) is 30.8 Å². The van der Waals surface area contributed by atoms with E-state index >= 15 is 0 Å². The Kier molecular flexibility index (Phi) is 8.02. The van der Waals surface area contributed by atoms with Crippen LogP contribution in [0.1, 0.15) is 21.7 Å². The van der Waals surface area contributed by atoms with Gasteiger partial charge in [0.2, 0.25) is 0 Å². The molecule has 0 aliphatic heterocycles. The zero-order chi connectivity index (χ0) is 27.3. The first kappa shape index (κ1) is 26.7. The number of hydrogen-bond donors (Lipinski definition) is 1. The number of methoxy groups -OCH3 is 1. The number of ether oxygens (including phenoxy) is 1. The van der Waals surface area contributed by atoms with Gasteiger partial charge in [0.1, 0.15) is 17.3 Å². The molecule has 0 fully saturated rings. The Balaban J connectivity index is 1.67. The van der Waals surface area contributed by atoms with Crippen molar-refractivity contribution in [1.82, 2.24) is 4.90 Å². The summed E-state index contributed by atoms with van der Waals surface area (Å²) in [6, 6.07) is 20.1. The maximum absolute atomic E-state index is 13.9. The molecule has 0 unspecified atom stereocenters. The lowest BCUT2D eigenvalue weighted by atomic mass is 10.1. The van der Waals surface area contributed by atoms with Gasteiger partial charge in [0.05, 0.1) is 24.8 Å². The van der Waals surface area contributed by atoms with E-state index in [1.165, 1.54) is 48.6 Å². The number of hydrogen-bond acceptors (Lipinski definition) is 6. The fraction of sp³-hybridized carbons (Fsp3) is 0.179. The van der Waals surface area contributed by atoms with Crippen LogP contribution in [-0.2, 0) is 23.1 Å². The molecule has 4 rings (SSSR count). The van der Waals surface area contributed by atoms with Gasteiger partial charge in [0, 0.05) is 37.6 Å². The second-order valence-corrected chi connectivity index (χ2v) is 10.5. The van der Waals surface area contributed by atoms with E-state index in [1.54, 1.807) is 48.5 Å². The molecular weight excluding hydrogens is 509 g/mol. The molecule has 0 saturated heterocycles. The Morgan fingerprint density at radius 2 is 1.74 bits per heavy atom. The van der Waals surface area contributed by atoms with Crippen molar-refractivity contribution in [2.45, 2.75) is 18.0 Å². The predicted molar refractivity (Wildman–Crippen MR) is 143 cm³/mol. The van der Waals surface area contributed by atoms with Crippen LogP contribution in [0, 0.1) is 5.82 Å². The molecule has 1 amide bonds. The van der Waals surface area contributed by atoms with Gasteiger partial charge in [-0.25, -0.2) is 12.8 Å². The van der Waals surface area contributed by atoms with Crippen molar-refractivity contribution in [2.24, 2.45) is 0 Å². The van der Waals surface area contributed by atoms with Crippen molar-refractivity contribution in [3.8, 4) is 5.75 Å². The topological polar surface area (TPSA) is 92.1 Å². The van der Waals surface area contributed by atoms with Crippen LogP contribution in [0.5, 0.6) is 5.75 Å². The van der Waals surface area contributed by atoms with Gasteiger partial charge in [-0.2, -0.15) is 0 Å². The van der Waals surface area contributed by atoms with E-state index in [0.29, 0.717) is 22.8 Å². The molecule has 198 valence electrons. The van der Waals surface area contributed by atoms with Crippen molar-refractivity contribution in [1.29, 1.82) is 0 Å². The maximum Gasteiger partial charge on any atom is 0.261 e. The predicted octanol–water partition coefficient (Wildman–Crippen LogP) is 5.14. The van der Waals surface area contributed by atoms with Gasteiger partial charge >= 0.3 is 0 Å². The molecule has 4 aromatic rings. The van der Waals surface area contributed by atoms with Crippen molar-refractivity contribution < 1.29 is 26.8 Å². The smallest absolute Gasteiger partial charge is 0.261 e. The van der Waals surface area contributed by atoms with Gasteiger partial charge in [0.25, 0.3) is 15.9 Å². The lowest BCUT2D eigenvalue weighted by Gasteiger charge is -2.26. The summed E-state index contributed by atoms with van der Waals surface area (Å²) < 4.78 is 53.1. The highest BCUT2D eigenvalue weighted by atomic mass is 32.2. The molecule has 0 spiro atoms. The van der Waals surface area contributed by atoms with Gasteiger partial charge in [-0.05, 0) is 78.4 Å². The van der Waals surface area contributed by atoms with Crippen molar-refractivity contribution in [3.63, 3.8) is 0 Å². The number of anilines is 2. The summed E-state index contributed by atoms with van der Waals surface area (Å²) in [6.07, 6.45) is 1.51. The molecule has 0 atom stereocenters. The zero-order valence-electron chi connectivity index (χ0n) is 21.2. The number of amides is 1. The Hall–Kier alpha value is -4.31.